The first-order chi connectivity index (χ1) is 11.5. The first-order valence-corrected chi connectivity index (χ1v) is 8.87. The van der Waals surface area contributed by atoms with Crippen LogP contribution in [0.4, 0.5) is 0 Å². The quantitative estimate of drug-likeness (QED) is 0.897. The third-order valence-electron chi connectivity index (χ3n) is 3.83. The van der Waals surface area contributed by atoms with Crippen LogP contribution in [0.1, 0.15) is 23.5 Å². The molecule has 1 amide bonds. The van der Waals surface area contributed by atoms with Crippen molar-refractivity contribution in [2.45, 2.75) is 19.4 Å². The average molecular weight is 346 g/mol. The predicted octanol–water partition coefficient (Wildman–Crippen LogP) is 2.05. The van der Waals surface area contributed by atoms with Crippen LogP contribution in [-0.4, -0.2) is 59.2 Å². The number of amides is 1. The van der Waals surface area contributed by atoms with Gasteiger partial charge in [-0.15, -0.1) is 11.3 Å². The molecule has 2 aromatic rings. The van der Waals surface area contributed by atoms with Crippen molar-refractivity contribution in [3.63, 3.8) is 0 Å². The van der Waals surface area contributed by atoms with Gasteiger partial charge < -0.3 is 10.1 Å². The molecular weight excluding hydrogens is 324 g/mol. The number of pyridine rings is 1. The van der Waals surface area contributed by atoms with Gasteiger partial charge in [0.05, 0.1) is 24.1 Å². The molecule has 0 atom stereocenters. The van der Waals surface area contributed by atoms with Crippen LogP contribution in [0.3, 0.4) is 0 Å². The molecule has 24 heavy (non-hydrogen) atoms. The molecule has 0 aromatic carbocycles. The second-order valence-electron chi connectivity index (χ2n) is 6.38. The predicted molar refractivity (Wildman–Crippen MR) is 94.1 cm³/mol. The molecule has 0 bridgehead atoms. The van der Waals surface area contributed by atoms with E-state index in [2.05, 4.69) is 34.0 Å². The zero-order valence-corrected chi connectivity index (χ0v) is 14.8. The van der Waals surface area contributed by atoms with Gasteiger partial charge in [-0.1, -0.05) is 6.07 Å². The first-order valence-electron chi connectivity index (χ1n) is 8.05. The Morgan fingerprint density at radius 3 is 3.04 bits per heavy atom. The number of hydrogen-bond donors (Lipinski definition) is 1. The number of hydrogen-bond acceptors (Lipinski definition) is 6. The molecule has 1 fully saturated rings. The summed E-state index contributed by atoms with van der Waals surface area (Å²) in [4.78, 5) is 23.7. The molecule has 128 valence electrons. The Balaban J connectivity index is 1.50. The van der Waals surface area contributed by atoms with Crippen molar-refractivity contribution < 1.29 is 9.53 Å². The molecule has 1 aliphatic heterocycles. The lowest BCUT2D eigenvalue weighted by molar-refractivity contribution is -0.0853. The summed E-state index contributed by atoms with van der Waals surface area (Å²) in [6.45, 7) is 8.15. The van der Waals surface area contributed by atoms with Gasteiger partial charge in [0.25, 0.3) is 5.91 Å². The molecule has 3 heterocycles. The van der Waals surface area contributed by atoms with Gasteiger partial charge in [0.2, 0.25) is 0 Å². The fraction of sp³-hybridized carbons (Fsp3) is 0.471. The smallest absolute Gasteiger partial charge is 0.263 e. The SMILES string of the molecule is CC1(C)CN(CCNC(=O)c2cnc(-c3ccccn3)s2)CCO1. The summed E-state index contributed by atoms with van der Waals surface area (Å²) in [5.74, 6) is -0.0813. The van der Waals surface area contributed by atoms with Gasteiger partial charge in [-0.25, -0.2) is 4.98 Å². The van der Waals surface area contributed by atoms with Gasteiger partial charge in [-0.3, -0.25) is 14.7 Å². The van der Waals surface area contributed by atoms with E-state index >= 15 is 0 Å². The summed E-state index contributed by atoms with van der Waals surface area (Å²) in [6.07, 6.45) is 3.34. The van der Waals surface area contributed by atoms with E-state index in [-0.39, 0.29) is 11.5 Å². The van der Waals surface area contributed by atoms with E-state index in [4.69, 9.17) is 4.74 Å². The maximum absolute atomic E-state index is 12.3. The topological polar surface area (TPSA) is 67.4 Å². The Hall–Kier alpha value is -1.83. The molecule has 0 aliphatic carbocycles. The molecule has 0 radical (unpaired) electrons. The molecule has 2 aromatic heterocycles. The Morgan fingerprint density at radius 1 is 1.42 bits per heavy atom. The van der Waals surface area contributed by atoms with Gasteiger partial charge in [0.1, 0.15) is 9.88 Å². The van der Waals surface area contributed by atoms with E-state index in [0.717, 1.165) is 36.9 Å². The fourth-order valence-corrected chi connectivity index (χ4v) is 3.52. The maximum Gasteiger partial charge on any atom is 0.263 e. The Labute approximate surface area is 145 Å². The van der Waals surface area contributed by atoms with Crippen molar-refractivity contribution in [3.8, 4) is 10.7 Å². The highest BCUT2D eigenvalue weighted by molar-refractivity contribution is 7.16. The van der Waals surface area contributed by atoms with Crippen molar-refractivity contribution in [2.75, 3.05) is 32.8 Å². The number of thiazole rings is 1. The van der Waals surface area contributed by atoms with Crippen molar-refractivity contribution in [2.24, 2.45) is 0 Å². The summed E-state index contributed by atoms with van der Waals surface area (Å²) in [6, 6.07) is 5.66. The normalized spacial score (nSPS) is 17.6. The molecule has 1 aliphatic rings. The third-order valence-corrected chi connectivity index (χ3v) is 4.85. The summed E-state index contributed by atoms with van der Waals surface area (Å²) < 4.78 is 5.70. The van der Waals surface area contributed by atoms with Crippen LogP contribution in [0, 0.1) is 0 Å². The number of aromatic nitrogens is 2. The third kappa shape index (κ3) is 4.37. The van der Waals surface area contributed by atoms with Crippen LogP contribution >= 0.6 is 11.3 Å². The highest BCUT2D eigenvalue weighted by Gasteiger charge is 2.26. The monoisotopic (exact) mass is 346 g/mol. The van der Waals surface area contributed by atoms with E-state index in [0.29, 0.717) is 11.4 Å². The lowest BCUT2D eigenvalue weighted by Crippen LogP contribution is -2.50. The summed E-state index contributed by atoms with van der Waals surface area (Å²) in [5.41, 5.74) is 0.675. The summed E-state index contributed by atoms with van der Waals surface area (Å²) in [5, 5.41) is 3.73. The van der Waals surface area contributed by atoms with Crippen LogP contribution in [0.15, 0.2) is 30.6 Å². The highest BCUT2D eigenvalue weighted by atomic mass is 32.1. The van der Waals surface area contributed by atoms with Crippen LogP contribution in [0.5, 0.6) is 0 Å². The van der Waals surface area contributed by atoms with Crippen molar-refractivity contribution in [1.82, 2.24) is 20.2 Å². The van der Waals surface area contributed by atoms with E-state index in [9.17, 15) is 4.79 Å². The Bertz CT molecular complexity index is 687. The van der Waals surface area contributed by atoms with Crippen molar-refractivity contribution >= 4 is 17.2 Å². The molecular formula is C17H22N4O2S. The van der Waals surface area contributed by atoms with Crippen LogP contribution in [-0.2, 0) is 4.74 Å². The molecule has 7 heteroatoms. The lowest BCUT2D eigenvalue weighted by Gasteiger charge is -2.38. The van der Waals surface area contributed by atoms with E-state index in [1.807, 2.05) is 18.2 Å². The number of carbonyl (C=O) groups excluding carboxylic acids is 1. The maximum atomic E-state index is 12.3. The van der Waals surface area contributed by atoms with Gasteiger partial charge >= 0.3 is 0 Å². The second kappa shape index (κ2) is 7.38. The number of carbonyl (C=O) groups is 1. The van der Waals surface area contributed by atoms with E-state index < -0.39 is 0 Å². The number of nitrogens with one attached hydrogen (secondary N) is 1. The zero-order valence-electron chi connectivity index (χ0n) is 14.0. The van der Waals surface area contributed by atoms with E-state index in [1.165, 1.54) is 11.3 Å². The minimum absolute atomic E-state index is 0.0813. The molecule has 0 spiro atoms. The largest absolute Gasteiger partial charge is 0.373 e. The minimum atomic E-state index is -0.114. The summed E-state index contributed by atoms with van der Waals surface area (Å²) >= 11 is 1.36. The Morgan fingerprint density at radius 2 is 2.29 bits per heavy atom. The lowest BCUT2D eigenvalue weighted by atomic mass is 10.1. The van der Waals surface area contributed by atoms with Crippen LogP contribution in [0.25, 0.3) is 10.7 Å². The van der Waals surface area contributed by atoms with Gasteiger partial charge in [0, 0.05) is 32.4 Å². The molecule has 3 rings (SSSR count). The fourth-order valence-electron chi connectivity index (χ4n) is 2.71. The van der Waals surface area contributed by atoms with Gasteiger partial charge in [0.15, 0.2) is 0 Å². The Kier molecular flexibility index (Phi) is 5.23. The van der Waals surface area contributed by atoms with Crippen molar-refractivity contribution in [1.29, 1.82) is 0 Å². The number of nitrogens with zero attached hydrogens (tertiary/aromatic N) is 3. The van der Waals surface area contributed by atoms with E-state index in [1.54, 1.807) is 12.4 Å². The first kappa shape index (κ1) is 17.0. The zero-order chi connectivity index (χ0) is 17.0. The molecule has 1 N–H and O–H groups in total. The number of ether oxygens (including phenoxy) is 1. The molecule has 6 nitrogen and oxygen atoms in total. The van der Waals surface area contributed by atoms with Crippen molar-refractivity contribution in [3.05, 3.63) is 35.5 Å². The number of morpholine rings is 1. The average Bonchev–Trinajstić information content (AvgIpc) is 3.05. The minimum Gasteiger partial charge on any atom is -0.373 e. The van der Waals surface area contributed by atoms with Gasteiger partial charge in [-0.2, -0.15) is 0 Å². The molecule has 1 saturated heterocycles. The van der Waals surface area contributed by atoms with Crippen LogP contribution < -0.4 is 5.32 Å². The summed E-state index contributed by atoms with van der Waals surface area (Å²) in [7, 11) is 0. The van der Waals surface area contributed by atoms with Gasteiger partial charge in [-0.05, 0) is 26.0 Å². The highest BCUT2D eigenvalue weighted by Crippen LogP contribution is 2.22. The molecule has 0 saturated carbocycles. The molecule has 0 unspecified atom stereocenters. The second-order valence-corrected chi connectivity index (χ2v) is 7.42. The standard InChI is InChI=1S/C17H22N4O2S/c1-17(2)12-21(9-10-23-17)8-7-19-15(22)14-11-20-16(24-14)13-5-3-4-6-18-13/h3-6,11H,7-10,12H2,1-2H3,(H,19,22). The number of rotatable bonds is 5. The van der Waals surface area contributed by atoms with Crippen LogP contribution in [0.2, 0.25) is 0 Å².